The first-order chi connectivity index (χ1) is 8.72. The molecule has 0 bridgehead atoms. The lowest BCUT2D eigenvalue weighted by atomic mass is 10.1. The summed E-state index contributed by atoms with van der Waals surface area (Å²) in [4.78, 5) is 11.9. The number of nitrogens with two attached hydrogens (primary N) is 1. The summed E-state index contributed by atoms with van der Waals surface area (Å²) >= 11 is 1.66. The number of imidazole rings is 1. The fourth-order valence-electron chi connectivity index (χ4n) is 1.91. The number of aromatic nitrogens is 3. The molecule has 1 aromatic carbocycles. The van der Waals surface area contributed by atoms with Crippen LogP contribution in [-0.2, 0) is 6.42 Å². The number of benzene rings is 1. The zero-order valence-electron chi connectivity index (χ0n) is 10.1. The Hall–Kier alpha value is -1.72. The molecule has 2 heterocycles. The van der Waals surface area contributed by atoms with Crippen molar-refractivity contribution in [3.8, 4) is 11.3 Å². The van der Waals surface area contributed by atoms with E-state index in [2.05, 4.69) is 26.4 Å². The maximum absolute atomic E-state index is 5.79. The minimum atomic E-state index is 0.152. The number of hydrogen-bond donors (Lipinski definition) is 2. The van der Waals surface area contributed by atoms with E-state index in [4.69, 9.17) is 5.73 Å². The maximum atomic E-state index is 5.79. The van der Waals surface area contributed by atoms with Gasteiger partial charge in [-0.15, -0.1) is 11.3 Å². The Balaban J connectivity index is 1.95. The van der Waals surface area contributed by atoms with Gasteiger partial charge in [0.2, 0.25) is 0 Å². The lowest BCUT2D eigenvalue weighted by Gasteiger charge is -2.00. The average molecular weight is 258 g/mol. The van der Waals surface area contributed by atoms with Crippen molar-refractivity contribution in [3.05, 3.63) is 34.9 Å². The number of H-pyrrole nitrogens is 1. The third kappa shape index (κ3) is 2.14. The van der Waals surface area contributed by atoms with Crippen LogP contribution in [0.25, 0.3) is 22.3 Å². The van der Waals surface area contributed by atoms with Crippen LogP contribution in [0.5, 0.6) is 0 Å². The van der Waals surface area contributed by atoms with Crippen LogP contribution in [0.4, 0.5) is 0 Å². The van der Waals surface area contributed by atoms with Crippen LogP contribution in [0.3, 0.4) is 0 Å². The lowest BCUT2D eigenvalue weighted by molar-refractivity contribution is 0.734. The van der Waals surface area contributed by atoms with Crippen molar-refractivity contribution < 1.29 is 0 Å². The molecule has 0 saturated heterocycles. The first-order valence-corrected chi connectivity index (χ1v) is 6.74. The highest BCUT2D eigenvalue weighted by Crippen LogP contribution is 2.24. The van der Waals surface area contributed by atoms with Gasteiger partial charge in [0.25, 0.3) is 0 Å². The van der Waals surface area contributed by atoms with Gasteiger partial charge in [0.05, 0.1) is 28.1 Å². The van der Waals surface area contributed by atoms with Crippen LogP contribution < -0.4 is 5.73 Å². The SMILES string of the molecule is CC(N)Cc1nc(-c2ccc3nc[nH]c3c2)cs1. The van der Waals surface area contributed by atoms with Crippen LogP contribution >= 0.6 is 11.3 Å². The Kier molecular flexibility index (Phi) is 2.85. The highest BCUT2D eigenvalue weighted by Gasteiger charge is 2.07. The quantitative estimate of drug-likeness (QED) is 0.758. The first kappa shape index (κ1) is 11.4. The fraction of sp³-hybridized carbons (Fsp3) is 0.231. The molecule has 0 amide bonds. The molecule has 0 fully saturated rings. The smallest absolute Gasteiger partial charge is 0.0947 e. The summed E-state index contributed by atoms with van der Waals surface area (Å²) in [5.74, 6) is 0. The van der Waals surface area contributed by atoms with Gasteiger partial charge in [0, 0.05) is 23.4 Å². The molecule has 18 heavy (non-hydrogen) atoms. The summed E-state index contributed by atoms with van der Waals surface area (Å²) in [6.07, 6.45) is 2.54. The topological polar surface area (TPSA) is 67.6 Å². The second kappa shape index (κ2) is 4.51. The van der Waals surface area contributed by atoms with Gasteiger partial charge in [0.1, 0.15) is 0 Å². The van der Waals surface area contributed by atoms with Gasteiger partial charge in [-0.3, -0.25) is 0 Å². The highest BCUT2D eigenvalue weighted by atomic mass is 32.1. The molecule has 1 atom stereocenters. The Bertz CT molecular complexity index is 668. The first-order valence-electron chi connectivity index (χ1n) is 5.86. The lowest BCUT2D eigenvalue weighted by Crippen LogP contribution is -2.17. The molecule has 0 aliphatic rings. The van der Waals surface area contributed by atoms with Crippen LogP contribution in [-0.4, -0.2) is 21.0 Å². The molecule has 0 saturated carbocycles. The molecule has 3 rings (SSSR count). The van der Waals surface area contributed by atoms with Crippen LogP contribution in [0.15, 0.2) is 29.9 Å². The summed E-state index contributed by atoms with van der Waals surface area (Å²) in [7, 11) is 0. The van der Waals surface area contributed by atoms with E-state index in [9.17, 15) is 0 Å². The van der Waals surface area contributed by atoms with Crippen LogP contribution in [0.1, 0.15) is 11.9 Å². The van der Waals surface area contributed by atoms with Crippen molar-refractivity contribution in [2.75, 3.05) is 0 Å². The normalized spacial score (nSPS) is 13.0. The van der Waals surface area contributed by atoms with Gasteiger partial charge >= 0.3 is 0 Å². The number of nitrogens with one attached hydrogen (secondary N) is 1. The van der Waals surface area contributed by atoms with Crippen molar-refractivity contribution >= 4 is 22.4 Å². The number of rotatable bonds is 3. The summed E-state index contributed by atoms with van der Waals surface area (Å²) in [6, 6.07) is 6.28. The minimum absolute atomic E-state index is 0.152. The van der Waals surface area contributed by atoms with E-state index in [1.807, 2.05) is 19.1 Å². The van der Waals surface area contributed by atoms with Crippen molar-refractivity contribution in [2.45, 2.75) is 19.4 Å². The van der Waals surface area contributed by atoms with E-state index in [-0.39, 0.29) is 6.04 Å². The molecule has 0 aliphatic carbocycles. The third-order valence-electron chi connectivity index (χ3n) is 2.76. The summed E-state index contributed by atoms with van der Waals surface area (Å²) in [5.41, 5.74) is 9.92. The number of fused-ring (bicyclic) bond motifs is 1. The fourth-order valence-corrected chi connectivity index (χ4v) is 2.85. The highest BCUT2D eigenvalue weighted by molar-refractivity contribution is 7.09. The van der Waals surface area contributed by atoms with E-state index >= 15 is 0 Å². The molecule has 4 nitrogen and oxygen atoms in total. The summed E-state index contributed by atoms with van der Waals surface area (Å²) < 4.78 is 0. The molecule has 2 aromatic heterocycles. The van der Waals surface area contributed by atoms with Crippen molar-refractivity contribution in [1.82, 2.24) is 15.0 Å². The van der Waals surface area contributed by atoms with E-state index in [0.717, 1.165) is 33.7 Å². The second-order valence-corrected chi connectivity index (χ2v) is 5.39. The molecule has 0 spiro atoms. The van der Waals surface area contributed by atoms with Crippen LogP contribution in [0, 0.1) is 0 Å². The van der Waals surface area contributed by atoms with E-state index in [0.29, 0.717) is 0 Å². The number of aromatic amines is 1. The number of hydrogen-bond acceptors (Lipinski definition) is 4. The van der Waals surface area contributed by atoms with Gasteiger partial charge in [-0.2, -0.15) is 0 Å². The molecule has 92 valence electrons. The summed E-state index contributed by atoms with van der Waals surface area (Å²) in [5, 5.41) is 3.17. The Morgan fingerprint density at radius 1 is 1.44 bits per heavy atom. The molecule has 3 aromatic rings. The molecule has 1 unspecified atom stereocenters. The van der Waals surface area contributed by atoms with Crippen LogP contribution in [0.2, 0.25) is 0 Å². The van der Waals surface area contributed by atoms with Crippen molar-refractivity contribution in [1.29, 1.82) is 0 Å². The molecule has 0 radical (unpaired) electrons. The Labute approximate surface area is 109 Å². The number of nitrogens with zero attached hydrogens (tertiary/aromatic N) is 2. The second-order valence-electron chi connectivity index (χ2n) is 4.44. The molecular weight excluding hydrogens is 244 g/mol. The Morgan fingerprint density at radius 2 is 2.33 bits per heavy atom. The monoisotopic (exact) mass is 258 g/mol. The standard InChI is InChI=1S/C13H14N4S/c1-8(14)4-13-17-12(6-18-13)9-2-3-10-11(5-9)16-7-15-10/h2-3,5-8H,4,14H2,1H3,(H,15,16). The van der Waals surface area contributed by atoms with Crippen molar-refractivity contribution in [3.63, 3.8) is 0 Å². The van der Waals surface area contributed by atoms with Gasteiger partial charge in [-0.1, -0.05) is 6.07 Å². The third-order valence-corrected chi connectivity index (χ3v) is 3.64. The summed E-state index contributed by atoms with van der Waals surface area (Å²) in [6.45, 7) is 2.00. The average Bonchev–Trinajstić information content (AvgIpc) is 2.95. The van der Waals surface area contributed by atoms with E-state index in [1.54, 1.807) is 17.7 Å². The predicted molar refractivity (Wildman–Crippen MR) is 74.6 cm³/mol. The predicted octanol–water partition coefficient (Wildman–Crippen LogP) is 2.58. The largest absolute Gasteiger partial charge is 0.345 e. The van der Waals surface area contributed by atoms with Gasteiger partial charge in [-0.05, 0) is 19.1 Å². The van der Waals surface area contributed by atoms with Crippen molar-refractivity contribution in [2.24, 2.45) is 5.73 Å². The maximum Gasteiger partial charge on any atom is 0.0947 e. The molecule has 0 aliphatic heterocycles. The molecule has 5 heteroatoms. The zero-order chi connectivity index (χ0) is 12.5. The van der Waals surface area contributed by atoms with Gasteiger partial charge in [-0.25, -0.2) is 9.97 Å². The van der Waals surface area contributed by atoms with Gasteiger partial charge < -0.3 is 10.7 Å². The Morgan fingerprint density at radius 3 is 3.17 bits per heavy atom. The molecule has 3 N–H and O–H groups in total. The van der Waals surface area contributed by atoms with Gasteiger partial charge in [0.15, 0.2) is 0 Å². The van der Waals surface area contributed by atoms with E-state index in [1.165, 1.54) is 0 Å². The zero-order valence-corrected chi connectivity index (χ0v) is 10.9. The minimum Gasteiger partial charge on any atom is -0.345 e. The number of thiazole rings is 1. The molecular formula is C13H14N4S. The van der Waals surface area contributed by atoms with E-state index < -0.39 is 0 Å².